The number of rotatable bonds is 1. The van der Waals surface area contributed by atoms with E-state index in [0.29, 0.717) is 0 Å². The maximum atomic E-state index is 5.25. The van der Waals surface area contributed by atoms with Gasteiger partial charge in [0, 0.05) is 13.1 Å². The van der Waals surface area contributed by atoms with Crippen molar-refractivity contribution in [3.8, 4) is 0 Å². The highest BCUT2D eigenvalue weighted by molar-refractivity contribution is 5.85. The Labute approximate surface area is 61.7 Å². The van der Waals surface area contributed by atoms with Crippen LogP contribution in [-0.2, 0) is 4.74 Å². The third-order valence-electron chi connectivity index (χ3n) is 1.22. The molecule has 0 saturated carbocycles. The van der Waals surface area contributed by atoms with Crippen LogP contribution in [0.3, 0.4) is 0 Å². The molecule has 1 aliphatic rings. The summed E-state index contributed by atoms with van der Waals surface area (Å²) in [6.07, 6.45) is 2.07. The molecule has 0 amide bonds. The van der Waals surface area contributed by atoms with Crippen molar-refractivity contribution in [3.05, 3.63) is 12.7 Å². The number of hydrogen-bond acceptors (Lipinski definition) is 2. The van der Waals surface area contributed by atoms with Gasteiger partial charge in [-0.3, -0.25) is 0 Å². The van der Waals surface area contributed by atoms with Gasteiger partial charge in [0.1, 0.15) is 0 Å². The van der Waals surface area contributed by atoms with E-state index in [4.69, 9.17) is 4.74 Å². The molecule has 0 aliphatic carbocycles. The first kappa shape index (κ1) is 8.95. The molecular weight excluding hydrogens is 138 g/mol. The van der Waals surface area contributed by atoms with Crippen LogP contribution in [0.25, 0.3) is 0 Å². The van der Waals surface area contributed by atoms with Gasteiger partial charge in [0.2, 0.25) is 0 Å². The van der Waals surface area contributed by atoms with Crippen molar-refractivity contribution in [2.24, 2.45) is 0 Å². The van der Waals surface area contributed by atoms with Crippen LogP contribution in [0.4, 0.5) is 0 Å². The van der Waals surface area contributed by atoms with Crippen molar-refractivity contribution in [2.75, 3.05) is 19.7 Å². The highest BCUT2D eigenvalue weighted by Crippen LogP contribution is 1.94. The zero-order chi connectivity index (χ0) is 5.82. The molecule has 0 bridgehead atoms. The highest BCUT2D eigenvalue weighted by atomic mass is 35.5. The van der Waals surface area contributed by atoms with Crippen LogP contribution in [0.2, 0.25) is 0 Å². The summed E-state index contributed by atoms with van der Waals surface area (Å²) in [7, 11) is 0. The number of morpholine rings is 1. The lowest BCUT2D eigenvalue weighted by atomic mass is 10.3. The Balaban J connectivity index is 0.000000640. The van der Waals surface area contributed by atoms with Crippen molar-refractivity contribution in [2.45, 2.75) is 6.10 Å². The third kappa shape index (κ3) is 2.84. The van der Waals surface area contributed by atoms with E-state index in [1.807, 2.05) is 6.08 Å². The summed E-state index contributed by atoms with van der Waals surface area (Å²) in [6, 6.07) is 0. The quantitative estimate of drug-likeness (QED) is 0.551. The molecule has 54 valence electrons. The van der Waals surface area contributed by atoms with E-state index in [1.54, 1.807) is 0 Å². The van der Waals surface area contributed by atoms with Crippen molar-refractivity contribution in [1.29, 1.82) is 0 Å². The second-order valence-electron chi connectivity index (χ2n) is 1.85. The molecule has 1 aliphatic heterocycles. The van der Waals surface area contributed by atoms with Crippen molar-refractivity contribution in [1.82, 2.24) is 5.32 Å². The molecule has 1 saturated heterocycles. The Kier molecular flexibility index (Phi) is 4.77. The van der Waals surface area contributed by atoms with Crippen LogP contribution in [-0.4, -0.2) is 25.8 Å². The molecule has 1 atom stereocenters. The van der Waals surface area contributed by atoms with E-state index in [2.05, 4.69) is 11.9 Å². The maximum Gasteiger partial charge on any atom is 0.0878 e. The molecule has 0 aromatic carbocycles. The average Bonchev–Trinajstić information content (AvgIpc) is 1.90. The van der Waals surface area contributed by atoms with Crippen LogP contribution >= 0.6 is 12.4 Å². The summed E-state index contributed by atoms with van der Waals surface area (Å²) in [5.74, 6) is 0. The largest absolute Gasteiger partial charge is 0.372 e. The zero-order valence-corrected chi connectivity index (χ0v) is 6.12. The Morgan fingerprint density at radius 1 is 1.67 bits per heavy atom. The van der Waals surface area contributed by atoms with Gasteiger partial charge in [-0.05, 0) is 0 Å². The molecule has 0 aromatic rings. The standard InChI is InChI=1S/C6H11NO.ClH/c1-2-6-5-7-3-4-8-6;/h2,6-7H,1,3-5H2;1H. The Morgan fingerprint density at radius 2 is 2.44 bits per heavy atom. The predicted octanol–water partition coefficient (Wildman–Crippen LogP) is 0.583. The van der Waals surface area contributed by atoms with Crippen molar-refractivity contribution >= 4 is 12.4 Å². The first-order valence-corrected chi connectivity index (χ1v) is 2.88. The molecule has 1 heterocycles. The van der Waals surface area contributed by atoms with Gasteiger partial charge in [0.25, 0.3) is 0 Å². The molecule has 0 spiro atoms. The van der Waals surface area contributed by atoms with E-state index in [9.17, 15) is 0 Å². The molecule has 1 N–H and O–H groups in total. The van der Waals surface area contributed by atoms with Crippen molar-refractivity contribution < 1.29 is 4.74 Å². The molecule has 1 fully saturated rings. The Hall–Kier alpha value is -0.0500. The molecule has 2 nitrogen and oxygen atoms in total. The maximum absolute atomic E-state index is 5.25. The first-order chi connectivity index (χ1) is 3.93. The molecule has 1 unspecified atom stereocenters. The van der Waals surface area contributed by atoms with E-state index < -0.39 is 0 Å². The van der Waals surface area contributed by atoms with Crippen LogP contribution in [0, 0.1) is 0 Å². The SMILES string of the molecule is C=CC1CNCCO1.Cl. The third-order valence-corrected chi connectivity index (χ3v) is 1.22. The normalized spacial score (nSPS) is 26.4. The van der Waals surface area contributed by atoms with E-state index in [1.165, 1.54) is 0 Å². The highest BCUT2D eigenvalue weighted by Gasteiger charge is 2.06. The molecule has 3 heteroatoms. The second kappa shape index (κ2) is 4.79. The lowest BCUT2D eigenvalue weighted by Gasteiger charge is -2.19. The number of ether oxygens (including phenoxy) is 1. The summed E-state index contributed by atoms with van der Waals surface area (Å²) >= 11 is 0. The Bertz CT molecular complexity index is 81.1. The smallest absolute Gasteiger partial charge is 0.0878 e. The molecular formula is C6H12ClNO. The minimum absolute atomic E-state index is 0. The molecule has 1 rings (SSSR count). The number of halogens is 1. The molecule has 9 heavy (non-hydrogen) atoms. The average molecular weight is 150 g/mol. The van der Waals surface area contributed by atoms with Gasteiger partial charge in [-0.25, -0.2) is 0 Å². The number of nitrogens with one attached hydrogen (secondary N) is 1. The monoisotopic (exact) mass is 149 g/mol. The van der Waals surface area contributed by atoms with Gasteiger partial charge in [0.05, 0.1) is 12.7 Å². The summed E-state index contributed by atoms with van der Waals surface area (Å²) in [5, 5.41) is 3.19. The van der Waals surface area contributed by atoms with Crippen LogP contribution in [0.5, 0.6) is 0 Å². The fraction of sp³-hybridized carbons (Fsp3) is 0.667. The van der Waals surface area contributed by atoms with Gasteiger partial charge < -0.3 is 10.1 Å². The summed E-state index contributed by atoms with van der Waals surface area (Å²) in [4.78, 5) is 0. The zero-order valence-electron chi connectivity index (χ0n) is 5.30. The first-order valence-electron chi connectivity index (χ1n) is 2.88. The lowest BCUT2D eigenvalue weighted by molar-refractivity contribution is 0.0594. The van der Waals surface area contributed by atoms with Crippen LogP contribution in [0.15, 0.2) is 12.7 Å². The summed E-state index contributed by atoms with van der Waals surface area (Å²) in [6.45, 7) is 6.33. The lowest BCUT2D eigenvalue weighted by Crippen LogP contribution is -2.37. The fourth-order valence-corrected chi connectivity index (χ4v) is 0.737. The molecule has 0 radical (unpaired) electrons. The summed E-state index contributed by atoms with van der Waals surface area (Å²) in [5.41, 5.74) is 0. The number of hydrogen-bond donors (Lipinski definition) is 1. The van der Waals surface area contributed by atoms with Gasteiger partial charge in [-0.1, -0.05) is 6.08 Å². The minimum atomic E-state index is 0. The van der Waals surface area contributed by atoms with E-state index in [-0.39, 0.29) is 18.5 Å². The van der Waals surface area contributed by atoms with Crippen LogP contribution in [0.1, 0.15) is 0 Å². The van der Waals surface area contributed by atoms with Crippen LogP contribution < -0.4 is 5.32 Å². The topological polar surface area (TPSA) is 21.3 Å². The van der Waals surface area contributed by atoms with Crippen molar-refractivity contribution in [3.63, 3.8) is 0 Å². The van der Waals surface area contributed by atoms with Gasteiger partial charge >= 0.3 is 0 Å². The van der Waals surface area contributed by atoms with E-state index in [0.717, 1.165) is 19.7 Å². The second-order valence-corrected chi connectivity index (χ2v) is 1.85. The van der Waals surface area contributed by atoms with Gasteiger partial charge in [-0.2, -0.15) is 0 Å². The van der Waals surface area contributed by atoms with E-state index >= 15 is 0 Å². The Morgan fingerprint density at radius 3 is 2.78 bits per heavy atom. The predicted molar refractivity (Wildman–Crippen MR) is 40.1 cm³/mol. The van der Waals surface area contributed by atoms with Gasteiger partial charge in [-0.15, -0.1) is 19.0 Å². The van der Waals surface area contributed by atoms with Gasteiger partial charge in [0.15, 0.2) is 0 Å². The minimum Gasteiger partial charge on any atom is -0.372 e. The summed E-state index contributed by atoms with van der Waals surface area (Å²) < 4.78 is 5.25. The molecule has 0 aromatic heterocycles. The fourth-order valence-electron chi connectivity index (χ4n) is 0.737.